The van der Waals surface area contributed by atoms with Gasteiger partial charge in [-0.3, -0.25) is 14.4 Å². The summed E-state index contributed by atoms with van der Waals surface area (Å²) in [6.45, 7) is 6.07. The summed E-state index contributed by atoms with van der Waals surface area (Å²) in [5, 5.41) is 3.62. The average molecular weight is 569 g/mol. The molecule has 3 rings (SSSR count). The molecule has 0 radical (unpaired) electrons. The Morgan fingerprint density at radius 2 is 1.70 bits per heavy atom. The Labute approximate surface area is 228 Å². The molecule has 0 bridgehead atoms. The third-order valence-corrected chi connectivity index (χ3v) is 8.67. The van der Waals surface area contributed by atoms with Gasteiger partial charge in [-0.15, -0.1) is 0 Å². The van der Waals surface area contributed by atoms with Crippen LogP contribution < -0.4 is 5.32 Å². The quantitative estimate of drug-likeness (QED) is 0.430. The largest absolute Gasteiger partial charge is 0.354 e. The number of nitrogens with one attached hydrogen (secondary N) is 1. The number of halogens is 2. The molecule has 0 saturated carbocycles. The minimum atomic E-state index is -3.96. The van der Waals surface area contributed by atoms with E-state index >= 15 is 0 Å². The molecular weight excluding hydrogens is 537 g/mol. The molecular formula is C26H31Cl2N3O5S. The van der Waals surface area contributed by atoms with Crippen molar-refractivity contribution >= 4 is 50.9 Å². The maximum absolute atomic E-state index is 13.5. The summed E-state index contributed by atoms with van der Waals surface area (Å²) in [4.78, 5) is 40.5. The second kappa shape index (κ2) is 12.3. The minimum absolute atomic E-state index is 0.0112. The molecule has 1 aliphatic rings. The molecule has 1 heterocycles. The predicted molar refractivity (Wildman–Crippen MR) is 143 cm³/mol. The van der Waals surface area contributed by atoms with Crippen LogP contribution in [0.5, 0.6) is 0 Å². The Morgan fingerprint density at radius 3 is 2.30 bits per heavy atom. The molecule has 1 atom stereocenters. The maximum Gasteiger partial charge on any atom is 0.269 e. The molecule has 200 valence electrons. The lowest BCUT2D eigenvalue weighted by Gasteiger charge is -2.31. The van der Waals surface area contributed by atoms with Crippen LogP contribution in [-0.2, 0) is 26.2 Å². The zero-order chi connectivity index (χ0) is 27.3. The van der Waals surface area contributed by atoms with E-state index in [1.807, 2.05) is 13.8 Å². The number of fused-ring (bicyclic) bond motifs is 1. The van der Waals surface area contributed by atoms with Crippen molar-refractivity contribution in [3.63, 3.8) is 0 Å². The van der Waals surface area contributed by atoms with Gasteiger partial charge in [-0.2, -0.15) is 0 Å². The molecule has 2 aromatic rings. The summed E-state index contributed by atoms with van der Waals surface area (Å²) < 4.78 is 26.4. The molecule has 8 nitrogen and oxygen atoms in total. The van der Waals surface area contributed by atoms with Gasteiger partial charge in [0.2, 0.25) is 11.8 Å². The van der Waals surface area contributed by atoms with Crippen LogP contribution in [0.15, 0.2) is 47.4 Å². The number of benzene rings is 2. The third-order valence-electron chi connectivity index (χ3n) is 6.12. The molecule has 0 unspecified atom stereocenters. The van der Waals surface area contributed by atoms with Crippen molar-refractivity contribution in [3.8, 4) is 0 Å². The van der Waals surface area contributed by atoms with E-state index in [-0.39, 0.29) is 54.1 Å². The summed E-state index contributed by atoms with van der Waals surface area (Å²) in [6.07, 6.45) is 0.367. The fraction of sp³-hybridized carbons (Fsp3) is 0.423. The van der Waals surface area contributed by atoms with E-state index in [4.69, 9.17) is 23.2 Å². The third kappa shape index (κ3) is 6.45. The van der Waals surface area contributed by atoms with E-state index in [1.54, 1.807) is 37.3 Å². The monoisotopic (exact) mass is 567 g/mol. The Kier molecular flexibility index (Phi) is 9.61. The average Bonchev–Trinajstić information content (AvgIpc) is 3.04. The first-order valence-electron chi connectivity index (χ1n) is 12.1. The van der Waals surface area contributed by atoms with Crippen molar-refractivity contribution in [2.45, 2.75) is 57.5 Å². The van der Waals surface area contributed by atoms with Gasteiger partial charge >= 0.3 is 0 Å². The standard InChI is InChI=1S/C26H31Cl2N3O5S/c1-4-22(25(33)29-15-17(2)3)30(16-19-20(27)10-7-11-21(19)28)24(32)13-8-14-31-26(34)18-9-5-6-12-23(18)37(31,35)36/h5-7,9-12,17,22H,4,8,13-16H2,1-3H3,(H,29,33)/t22-/m1/s1. The molecule has 11 heteroatoms. The molecule has 0 fully saturated rings. The van der Waals surface area contributed by atoms with Crippen LogP contribution in [0, 0.1) is 5.92 Å². The number of carbonyl (C=O) groups is 3. The number of amides is 3. The number of nitrogens with zero attached hydrogens (tertiary/aromatic N) is 2. The van der Waals surface area contributed by atoms with E-state index in [9.17, 15) is 22.8 Å². The molecule has 2 aromatic carbocycles. The molecule has 1 N–H and O–H groups in total. The van der Waals surface area contributed by atoms with Gasteiger partial charge in [0, 0.05) is 41.7 Å². The Morgan fingerprint density at radius 1 is 1.05 bits per heavy atom. The van der Waals surface area contributed by atoms with Crippen LogP contribution in [0.1, 0.15) is 56.0 Å². The Bertz CT molecular complexity index is 1260. The van der Waals surface area contributed by atoms with E-state index in [2.05, 4.69) is 5.32 Å². The maximum atomic E-state index is 13.5. The summed E-state index contributed by atoms with van der Waals surface area (Å²) in [5.74, 6) is -1.04. The highest BCUT2D eigenvalue weighted by molar-refractivity contribution is 7.90. The molecule has 37 heavy (non-hydrogen) atoms. The first-order chi connectivity index (χ1) is 17.5. The SMILES string of the molecule is CC[C@H](C(=O)NCC(C)C)N(Cc1c(Cl)cccc1Cl)C(=O)CCCN1C(=O)c2ccccc2S1(=O)=O. The van der Waals surface area contributed by atoms with E-state index < -0.39 is 22.0 Å². The van der Waals surface area contributed by atoms with Crippen LogP contribution in [-0.4, -0.2) is 54.5 Å². The first-order valence-corrected chi connectivity index (χ1v) is 14.3. The predicted octanol–water partition coefficient (Wildman–Crippen LogP) is 4.50. The fourth-order valence-corrected chi connectivity index (χ4v) is 6.29. The summed E-state index contributed by atoms with van der Waals surface area (Å²) in [5.41, 5.74) is 0.638. The zero-order valence-electron chi connectivity index (χ0n) is 21.0. The van der Waals surface area contributed by atoms with E-state index in [1.165, 1.54) is 17.0 Å². The lowest BCUT2D eigenvalue weighted by atomic mass is 10.1. The lowest BCUT2D eigenvalue weighted by Crippen LogP contribution is -2.49. The second-order valence-corrected chi connectivity index (χ2v) is 11.9. The van der Waals surface area contributed by atoms with Crippen LogP contribution in [0.2, 0.25) is 10.0 Å². The highest BCUT2D eigenvalue weighted by Crippen LogP contribution is 2.31. The van der Waals surface area contributed by atoms with Crippen molar-refractivity contribution < 1.29 is 22.8 Å². The first kappa shape index (κ1) is 28.9. The Hall–Kier alpha value is -2.62. The minimum Gasteiger partial charge on any atom is -0.354 e. The van der Waals surface area contributed by atoms with Gasteiger partial charge in [0.25, 0.3) is 15.9 Å². The lowest BCUT2D eigenvalue weighted by molar-refractivity contribution is -0.141. The molecule has 0 aromatic heterocycles. The Balaban J connectivity index is 1.78. The van der Waals surface area contributed by atoms with Gasteiger partial charge in [-0.05, 0) is 43.0 Å². The van der Waals surface area contributed by atoms with Crippen LogP contribution in [0.3, 0.4) is 0 Å². The van der Waals surface area contributed by atoms with Gasteiger partial charge in [0.05, 0.1) is 5.56 Å². The topological polar surface area (TPSA) is 104 Å². The van der Waals surface area contributed by atoms with Crippen molar-refractivity contribution in [2.75, 3.05) is 13.1 Å². The molecule has 1 aliphatic heterocycles. The van der Waals surface area contributed by atoms with Crippen molar-refractivity contribution in [1.29, 1.82) is 0 Å². The number of hydrogen-bond donors (Lipinski definition) is 1. The second-order valence-electron chi connectivity index (χ2n) is 9.27. The number of rotatable bonds is 11. The smallest absolute Gasteiger partial charge is 0.269 e. The molecule has 3 amide bonds. The van der Waals surface area contributed by atoms with Gasteiger partial charge in [0.1, 0.15) is 10.9 Å². The highest BCUT2D eigenvalue weighted by Gasteiger charge is 2.40. The summed E-state index contributed by atoms with van der Waals surface area (Å²) >= 11 is 12.7. The molecule has 0 saturated heterocycles. The van der Waals surface area contributed by atoms with Gasteiger partial charge < -0.3 is 10.2 Å². The number of sulfonamides is 1. The van der Waals surface area contributed by atoms with Crippen LogP contribution in [0.4, 0.5) is 0 Å². The zero-order valence-corrected chi connectivity index (χ0v) is 23.4. The normalized spacial score (nSPS) is 15.0. The van der Waals surface area contributed by atoms with Gasteiger partial charge in [-0.25, -0.2) is 12.7 Å². The van der Waals surface area contributed by atoms with Crippen LogP contribution in [0.25, 0.3) is 0 Å². The van der Waals surface area contributed by atoms with E-state index in [0.29, 0.717) is 28.6 Å². The van der Waals surface area contributed by atoms with Crippen LogP contribution >= 0.6 is 23.2 Å². The highest BCUT2D eigenvalue weighted by atomic mass is 35.5. The summed E-state index contributed by atoms with van der Waals surface area (Å²) in [6, 6.07) is 10.3. The number of hydrogen-bond acceptors (Lipinski definition) is 5. The molecule has 0 aliphatic carbocycles. The van der Waals surface area contributed by atoms with Crippen molar-refractivity contribution in [3.05, 3.63) is 63.6 Å². The van der Waals surface area contributed by atoms with Crippen molar-refractivity contribution in [1.82, 2.24) is 14.5 Å². The van der Waals surface area contributed by atoms with Crippen molar-refractivity contribution in [2.24, 2.45) is 5.92 Å². The van der Waals surface area contributed by atoms with Gasteiger partial charge in [-0.1, -0.05) is 62.2 Å². The van der Waals surface area contributed by atoms with Gasteiger partial charge in [0.15, 0.2) is 0 Å². The van der Waals surface area contributed by atoms with E-state index in [0.717, 1.165) is 4.31 Å². The fourth-order valence-electron chi connectivity index (χ4n) is 4.17. The number of carbonyl (C=O) groups excluding carboxylic acids is 3. The molecule has 0 spiro atoms. The summed E-state index contributed by atoms with van der Waals surface area (Å²) in [7, 11) is -3.96.